The minimum Gasteiger partial charge on any atom is -0.491 e. The van der Waals surface area contributed by atoms with Gasteiger partial charge in [0.15, 0.2) is 0 Å². The van der Waals surface area contributed by atoms with Crippen molar-refractivity contribution in [2.75, 3.05) is 40.5 Å². The summed E-state index contributed by atoms with van der Waals surface area (Å²) in [6.07, 6.45) is 8.25. The molecule has 28 heavy (non-hydrogen) atoms. The van der Waals surface area contributed by atoms with Crippen LogP contribution in [0.15, 0.2) is 24.3 Å². The van der Waals surface area contributed by atoms with Crippen LogP contribution < -0.4 is 4.74 Å². The van der Waals surface area contributed by atoms with Gasteiger partial charge in [0.2, 0.25) is 0 Å². The highest BCUT2D eigenvalue weighted by Crippen LogP contribution is 2.22. The standard InChI is InChI=1S/C23H38N2O3/c1-24(21-11-13-27-14-12-21)16-19-7-6-10-23(15-19)28-18-22(26)17-25(2)20-8-4-3-5-9-20/h6-7,10,15,20-22,26H,3-5,8-9,11-14,16-18H2,1-2H3. The first kappa shape index (κ1) is 21.6. The first-order valence-corrected chi connectivity index (χ1v) is 11.0. The molecule has 3 rings (SSSR count). The smallest absolute Gasteiger partial charge is 0.119 e. The lowest BCUT2D eigenvalue weighted by atomic mass is 9.94. The molecule has 1 atom stereocenters. The van der Waals surface area contributed by atoms with E-state index in [9.17, 15) is 5.11 Å². The van der Waals surface area contributed by atoms with Crippen LogP contribution in [0.3, 0.4) is 0 Å². The van der Waals surface area contributed by atoms with Crippen LogP contribution in [-0.4, -0.2) is 73.6 Å². The molecule has 0 bridgehead atoms. The molecule has 1 aromatic rings. The van der Waals surface area contributed by atoms with Crippen LogP contribution in [-0.2, 0) is 11.3 Å². The Kier molecular flexibility index (Phi) is 8.59. The van der Waals surface area contributed by atoms with Crippen molar-refractivity contribution >= 4 is 0 Å². The van der Waals surface area contributed by atoms with Crippen molar-refractivity contribution in [3.05, 3.63) is 29.8 Å². The van der Waals surface area contributed by atoms with E-state index in [0.717, 1.165) is 38.3 Å². The van der Waals surface area contributed by atoms with Gasteiger partial charge in [-0.15, -0.1) is 0 Å². The van der Waals surface area contributed by atoms with E-state index in [-0.39, 0.29) is 0 Å². The van der Waals surface area contributed by atoms with E-state index >= 15 is 0 Å². The minimum atomic E-state index is -0.458. The molecule has 0 aromatic heterocycles. The molecule has 0 radical (unpaired) electrons. The number of ether oxygens (including phenoxy) is 2. The summed E-state index contributed by atoms with van der Waals surface area (Å²) in [5, 5.41) is 10.4. The van der Waals surface area contributed by atoms with Crippen molar-refractivity contribution < 1.29 is 14.6 Å². The van der Waals surface area contributed by atoms with Crippen molar-refractivity contribution in [3.8, 4) is 5.75 Å². The monoisotopic (exact) mass is 390 g/mol. The molecule has 1 unspecified atom stereocenters. The zero-order valence-corrected chi connectivity index (χ0v) is 17.7. The van der Waals surface area contributed by atoms with Gasteiger partial charge >= 0.3 is 0 Å². The zero-order valence-electron chi connectivity index (χ0n) is 17.7. The topological polar surface area (TPSA) is 45.2 Å². The molecule has 158 valence electrons. The van der Waals surface area contributed by atoms with Gasteiger partial charge in [-0.3, -0.25) is 4.90 Å². The third kappa shape index (κ3) is 6.73. The first-order valence-electron chi connectivity index (χ1n) is 11.0. The fourth-order valence-electron chi connectivity index (χ4n) is 4.53. The summed E-state index contributed by atoms with van der Waals surface area (Å²) >= 11 is 0. The highest BCUT2D eigenvalue weighted by Gasteiger charge is 2.21. The molecule has 1 saturated carbocycles. The largest absolute Gasteiger partial charge is 0.491 e. The van der Waals surface area contributed by atoms with E-state index in [0.29, 0.717) is 25.2 Å². The molecule has 5 nitrogen and oxygen atoms in total. The van der Waals surface area contributed by atoms with Crippen LogP contribution in [0.2, 0.25) is 0 Å². The Hall–Kier alpha value is -1.14. The molecular formula is C23H38N2O3. The maximum absolute atomic E-state index is 10.4. The van der Waals surface area contributed by atoms with Crippen LogP contribution in [0.25, 0.3) is 0 Å². The van der Waals surface area contributed by atoms with Crippen LogP contribution in [0.1, 0.15) is 50.5 Å². The number of nitrogens with zero attached hydrogens (tertiary/aromatic N) is 2. The third-order valence-electron chi connectivity index (χ3n) is 6.28. The van der Waals surface area contributed by atoms with Gasteiger partial charge in [0.1, 0.15) is 18.5 Å². The van der Waals surface area contributed by atoms with Crippen molar-refractivity contribution in [2.24, 2.45) is 0 Å². The van der Waals surface area contributed by atoms with Gasteiger partial charge in [0, 0.05) is 38.4 Å². The van der Waals surface area contributed by atoms with E-state index in [1.54, 1.807) is 0 Å². The summed E-state index contributed by atoms with van der Waals surface area (Å²) in [5.74, 6) is 0.845. The summed E-state index contributed by atoms with van der Waals surface area (Å²) in [6, 6.07) is 9.49. The molecule has 0 amide bonds. The summed E-state index contributed by atoms with van der Waals surface area (Å²) in [6.45, 7) is 3.67. The lowest BCUT2D eigenvalue weighted by Crippen LogP contribution is -2.40. The van der Waals surface area contributed by atoms with Crippen LogP contribution in [0.4, 0.5) is 0 Å². The molecule has 1 heterocycles. The first-order chi connectivity index (χ1) is 13.6. The Morgan fingerprint density at radius 1 is 1.04 bits per heavy atom. The fourth-order valence-corrected chi connectivity index (χ4v) is 4.53. The SMILES string of the molecule is CN(Cc1cccc(OCC(O)CN(C)C2CCCCC2)c1)C1CCOCC1. The van der Waals surface area contributed by atoms with Crippen molar-refractivity contribution in [1.29, 1.82) is 0 Å². The van der Waals surface area contributed by atoms with Gasteiger partial charge in [-0.2, -0.15) is 0 Å². The number of hydrogen-bond acceptors (Lipinski definition) is 5. The van der Waals surface area contributed by atoms with Crippen molar-refractivity contribution in [2.45, 2.75) is 69.7 Å². The number of rotatable bonds is 9. The van der Waals surface area contributed by atoms with Crippen molar-refractivity contribution in [1.82, 2.24) is 9.80 Å². The van der Waals surface area contributed by atoms with Crippen molar-refractivity contribution in [3.63, 3.8) is 0 Å². The second-order valence-corrected chi connectivity index (χ2v) is 8.60. The second kappa shape index (κ2) is 11.1. The van der Waals surface area contributed by atoms with E-state index < -0.39 is 6.10 Å². The van der Waals surface area contributed by atoms with E-state index in [4.69, 9.17) is 9.47 Å². The van der Waals surface area contributed by atoms with Gasteiger partial charge in [0.05, 0.1) is 0 Å². The normalized spacial score (nSPS) is 20.6. The fraction of sp³-hybridized carbons (Fsp3) is 0.739. The number of hydrogen-bond donors (Lipinski definition) is 1. The highest BCUT2D eigenvalue weighted by atomic mass is 16.5. The number of benzene rings is 1. The Balaban J connectivity index is 1.43. The molecule has 1 aliphatic heterocycles. The van der Waals surface area contributed by atoms with Gasteiger partial charge < -0.3 is 19.5 Å². The Bertz CT molecular complexity index is 571. The summed E-state index contributed by atoms with van der Waals surface area (Å²) < 4.78 is 11.4. The third-order valence-corrected chi connectivity index (χ3v) is 6.28. The van der Waals surface area contributed by atoms with E-state index in [1.807, 2.05) is 12.1 Å². The predicted molar refractivity (Wildman–Crippen MR) is 113 cm³/mol. The van der Waals surface area contributed by atoms with Gasteiger partial charge in [-0.25, -0.2) is 0 Å². The molecule has 2 fully saturated rings. The number of likely N-dealkylation sites (N-methyl/N-ethyl adjacent to an activating group) is 1. The summed E-state index contributed by atoms with van der Waals surface area (Å²) in [7, 11) is 4.32. The Labute approximate surface area is 170 Å². The average molecular weight is 391 g/mol. The van der Waals surface area contributed by atoms with Crippen LogP contribution in [0.5, 0.6) is 5.75 Å². The molecule has 2 aliphatic rings. The van der Waals surface area contributed by atoms with Gasteiger partial charge in [-0.1, -0.05) is 31.4 Å². The summed E-state index contributed by atoms with van der Waals surface area (Å²) in [4.78, 5) is 4.72. The van der Waals surface area contributed by atoms with E-state index in [2.05, 4.69) is 36.0 Å². The molecule has 5 heteroatoms. The molecule has 1 N–H and O–H groups in total. The van der Waals surface area contributed by atoms with Gasteiger partial charge in [-0.05, 0) is 57.5 Å². The quantitative estimate of drug-likeness (QED) is 0.701. The number of aliphatic hydroxyl groups is 1. The van der Waals surface area contributed by atoms with Gasteiger partial charge in [0.25, 0.3) is 0 Å². The lowest BCUT2D eigenvalue weighted by molar-refractivity contribution is 0.0406. The Morgan fingerprint density at radius 2 is 1.75 bits per heavy atom. The molecule has 1 aromatic carbocycles. The predicted octanol–water partition coefficient (Wildman–Crippen LogP) is 3.30. The maximum atomic E-state index is 10.4. The summed E-state index contributed by atoms with van der Waals surface area (Å²) in [5.41, 5.74) is 1.25. The second-order valence-electron chi connectivity index (χ2n) is 8.60. The number of aliphatic hydroxyl groups excluding tert-OH is 1. The van der Waals surface area contributed by atoms with E-state index in [1.165, 1.54) is 37.7 Å². The zero-order chi connectivity index (χ0) is 19.8. The van der Waals surface area contributed by atoms with Crippen LogP contribution >= 0.6 is 0 Å². The Morgan fingerprint density at radius 3 is 2.50 bits per heavy atom. The highest BCUT2D eigenvalue weighted by molar-refractivity contribution is 5.28. The molecule has 1 saturated heterocycles. The maximum Gasteiger partial charge on any atom is 0.119 e. The minimum absolute atomic E-state index is 0.344. The lowest BCUT2D eigenvalue weighted by Gasteiger charge is -2.32. The average Bonchev–Trinajstić information content (AvgIpc) is 2.74. The molecular weight excluding hydrogens is 352 g/mol. The molecule has 1 aliphatic carbocycles. The van der Waals surface area contributed by atoms with Crippen LogP contribution in [0, 0.1) is 0 Å². The molecule has 0 spiro atoms.